The second-order valence-corrected chi connectivity index (χ2v) is 13.9. The van der Waals surface area contributed by atoms with Gasteiger partial charge in [0.1, 0.15) is 18.0 Å². The summed E-state index contributed by atoms with van der Waals surface area (Å²) in [6.07, 6.45) is 7.93. The summed E-state index contributed by atoms with van der Waals surface area (Å²) in [5.74, 6) is -2.57. The van der Waals surface area contributed by atoms with E-state index in [4.69, 9.17) is 5.73 Å². The number of carbonyl (C=O) groups excluding carboxylic acids is 3. The van der Waals surface area contributed by atoms with Gasteiger partial charge in [0.2, 0.25) is 11.8 Å². The Bertz CT molecular complexity index is 1390. The van der Waals surface area contributed by atoms with Gasteiger partial charge in [-0.05, 0) is 55.2 Å². The first-order valence-corrected chi connectivity index (χ1v) is 16.2. The molecule has 3 amide bonds. The summed E-state index contributed by atoms with van der Waals surface area (Å²) in [5, 5.41) is 10.4. The topological polar surface area (TPSA) is 153 Å². The van der Waals surface area contributed by atoms with E-state index in [1.54, 1.807) is 9.62 Å². The fourth-order valence-corrected chi connectivity index (χ4v) is 7.54. The maximum Gasteiger partial charge on any atom is 0.326 e. The molecule has 5 rings (SSSR count). The Kier molecular flexibility index (Phi) is 8.53. The van der Waals surface area contributed by atoms with Gasteiger partial charge < -0.3 is 20.6 Å². The van der Waals surface area contributed by atoms with Crippen LogP contribution in [0.25, 0.3) is 5.57 Å². The summed E-state index contributed by atoms with van der Waals surface area (Å²) in [6, 6.07) is 1.89. The van der Waals surface area contributed by atoms with Gasteiger partial charge in [-0.2, -0.15) is 8.42 Å². The zero-order chi connectivity index (χ0) is 30.3. The molecule has 1 aromatic rings. The van der Waals surface area contributed by atoms with Crippen molar-refractivity contribution in [3.8, 4) is 5.75 Å². The number of likely N-dealkylation sites (tertiary alicyclic amines) is 1. The van der Waals surface area contributed by atoms with E-state index in [9.17, 15) is 27.9 Å². The second-order valence-electron chi connectivity index (χ2n) is 12.3. The summed E-state index contributed by atoms with van der Waals surface area (Å²) in [7, 11) is -4.36. The zero-order valence-electron chi connectivity index (χ0n) is 24.1. The number of benzene rings is 1. The van der Waals surface area contributed by atoms with Crippen molar-refractivity contribution in [2.45, 2.75) is 70.9 Å². The molecule has 0 aromatic heterocycles. The zero-order valence-corrected chi connectivity index (χ0v) is 24.9. The number of halogens is 1. The van der Waals surface area contributed by atoms with Crippen molar-refractivity contribution in [3.63, 3.8) is 0 Å². The molecule has 3 atom stereocenters. The number of amides is 3. The Labute approximate surface area is 246 Å². The van der Waals surface area contributed by atoms with Crippen LogP contribution in [-0.4, -0.2) is 79.3 Å². The minimum absolute atomic E-state index is 0.0213. The lowest BCUT2D eigenvalue weighted by molar-refractivity contribution is -0.138. The number of allylic oxidation sites excluding steroid dienone is 1. The van der Waals surface area contributed by atoms with Gasteiger partial charge in [-0.25, -0.2) is 13.4 Å². The number of hydrogen-bond donors (Lipinski definition) is 3. The monoisotopic (exact) mass is 605 g/mol. The van der Waals surface area contributed by atoms with Crippen LogP contribution in [0.15, 0.2) is 18.2 Å². The lowest BCUT2D eigenvalue weighted by Gasteiger charge is -2.37. The lowest BCUT2D eigenvalue weighted by atomic mass is 9.79. The van der Waals surface area contributed by atoms with Gasteiger partial charge in [-0.15, -0.1) is 0 Å². The summed E-state index contributed by atoms with van der Waals surface area (Å²) in [4.78, 5) is 42.3. The average Bonchev–Trinajstić information content (AvgIpc) is 3.43. The van der Waals surface area contributed by atoms with Gasteiger partial charge in [-0.1, -0.05) is 39.2 Å². The van der Waals surface area contributed by atoms with Crippen LogP contribution >= 0.6 is 0 Å². The summed E-state index contributed by atoms with van der Waals surface area (Å²) >= 11 is 0. The second kappa shape index (κ2) is 11.8. The van der Waals surface area contributed by atoms with Gasteiger partial charge in [0, 0.05) is 31.2 Å². The highest BCUT2D eigenvalue weighted by molar-refractivity contribution is 7.92. The van der Waals surface area contributed by atoms with Crippen LogP contribution < -0.4 is 14.8 Å². The molecule has 1 aliphatic carbocycles. The van der Waals surface area contributed by atoms with E-state index in [1.807, 2.05) is 24.8 Å². The third kappa shape index (κ3) is 5.85. The fraction of sp³-hybridized carbons (Fsp3) is 0.621. The smallest absolute Gasteiger partial charge is 0.326 e. The highest BCUT2D eigenvalue weighted by Crippen LogP contribution is 2.40. The molecule has 13 heteroatoms. The Morgan fingerprint density at radius 3 is 2.52 bits per heavy atom. The van der Waals surface area contributed by atoms with E-state index in [1.165, 1.54) is 18.6 Å². The molecule has 3 aliphatic heterocycles. The standard InChI is InChI=1S/C29H40FN5O6S/c1-17(2)26(31)29(39)33-12-11-20(14-33)28(38)34-15-19(7-4-8-21(34)13-18-5-3-6-18)22-9-10-23(36)27(25(22)30)35-16-24(37)32-42(35,40)41/h7,9-10,17-18,20-21,26,36H,3-6,8,11-16,31H2,1-2H3,(H,32,37). The lowest BCUT2D eigenvalue weighted by Crippen LogP contribution is -2.48. The van der Waals surface area contributed by atoms with Crippen LogP contribution in [0.5, 0.6) is 5.75 Å². The number of phenols is 1. The highest BCUT2D eigenvalue weighted by atomic mass is 32.2. The van der Waals surface area contributed by atoms with Crippen LogP contribution in [0, 0.1) is 23.6 Å². The molecular weight excluding hydrogens is 565 g/mol. The van der Waals surface area contributed by atoms with E-state index < -0.39 is 51.9 Å². The van der Waals surface area contributed by atoms with Crippen LogP contribution in [0.3, 0.4) is 0 Å². The minimum Gasteiger partial charge on any atom is -0.506 e. The molecule has 3 fully saturated rings. The molecule has 0 radical (unpaired) electrons. The Balaban J connectivity index is 1.42. The maximum absolute atomic E-state index is 16.0. The van der Waals surface area contributed by atoms with E-state index in [2.05, 4.69) is 0 Å². The number of anilines is 1. The molecule has 4 aliphatic rings. The van der Waals surface area contributed by atoms with Crippen molar-refractivity contribution in [2.24, 2.45) is 23.5 Å². The van der Waals surface area contributed by atoms with E-state index in [0.717, 1.165) is 19.3 Å². The predicted octanol–water partition coefficient (Wildman–Crippen LogP) is 2.11. The Hall–Kier alpha value is -3.19. The highest BCUT2D eigenvalue weighted by Gasteiger charge is 2.41. The summed E-state index contributed by atoms with van der Waals surface area (Å²) < 4.78 is 43.3. The van der Waals surface area contributed by atoms with Crippen LogP contribution in [-0.2, 0) is 24.6 Å². The van der Waals surface area contributed by atoms with Crippen LogP contribution in [0.1, 0.15) is 64.4 Å². The van der Waals surface area contributed by atoms with Gasteiger partial charge in [0.05, 0.1) is 12.0 Å². The predicted molar refractivity (Wildman–Crippen MR) is 155 cm³/mol. The molecule has 42 heavy (non-hydrogen) atoms. The molecular formula is C29H40FN5O6S. The molecule has 11 nitrogen and oxygen atoms in total. The van der Waals surface area contributed by atoms with Crippen molar-refractivity contribution in [2.75, 3.05) is 30.5 Å². The molecule has 1 aromatic carbocycles. The molecule has 230 valence electrons. The van der Waals surface area contributed by atoms with Crippen molar-refractivity contribution in [3.05, 3.63) is 29.6 Å². The maximum atomic E-state index is 16.0. The quantitative estimate of drug-likeness (QED) is 0.430. The molecule has 1 saturated carbocycles. The Morgan fingerprint density at radius 2 is 1.90 bits per heavy atom. The number of nitrogens with zero attached hydrogens (tertiary/aromatic N) is 3. The molecule has 2 saturated heterocycles. The number of hydrogen-bond acceptors (Lipinski definition) is 7. The first-order chi connectivity index (χ1) is 19.9. The van der Waals surface area contributed by atoms with E-state index in [-0.39, 0.29) is 42.4 Å². The third-order valence-corrected chi connectivity index (χ3v) is 10.5. The molecule has 3 heterocycles. The van der Waals surface area contributed by atoms with Crippen LogP contribution in [0.4, 0.5) is 10.1 Å². The van der Waals surface area contributed by atoms with E-state index in [0.29, 0.717) is 41.6 Å². The van der Waals surface area contributed by atoms with Crippen LogP contribution in [0.2, 0.25) is 0 Å². The van der Waals surface area contributed by atoms with Gasteiger partial charge >= 0.3 is 10.2 Å². The average molecular weight is 606 g/mol. The summed E-state index contributed by atoms with van der Waals surface area (Å²) in [5.41, 5.74) is 6.06. The normalized spacial score (nSPS) is 25.2. The van der Waals surface area contributed by atoms with Gasteiger partial charge in [-0.3, -0.25) is 14.4 Å². The molecule has 4 N–H and O–H groups in total. The fourth-order valence-electron chi connectivity index (χ4n) is 6.37. The number of nitrogens with one attached hydrogen (secondary N) is 1. The van der Waals surface area contributed by atoms with Crippen molar-refractivity contribution in [1.29, 1.82) is 0 Å². The summed E-state index contributed by atoms with van der Waals surface area (Å²) in [6.45, 7) is 3.97. The van der Waals surface area contributed by atoms with Gasteiger partial charge in [0.15, 0.2) is 5.82 Å². The number of carbonyl (C=O) groups is 3. The number of nitrogens with two attached hydrogens (primary N) is 1. The molecule has 0 bridgehead atoms. The van der Waals surface area contributed by atoms with Crippen molar-refractivity contribution in [1.82, 2.24) is 14.5 Å². The Morgan fingerprint density at radius 1 is 1.17 bits per heavy atom. The third-order valence-electron chi connectivity index (χ3n) is 9.15. The minimum atomic E-state index is -4.36. The number of rotatable bonds is 7. The first kappa shape index (κ1) is 30.3. The largest absolute Gasteiger partial charge is 0.506 e. The number of aromatic hydroxyl groups is 1. The van der Waals surface area contributed by atoms with Crippen molar-refractivity contribution >= 4 is 39.2 Å². The van der Waals surface area contributed by atoms with E-state index >= 15 is 4.39 Å². The van der Waals surface area contributed by atoms with Crippen molar-refractivity contribution < 1.29 is 32.3 Å². The van der Waals surface area contributed by atoms with Gasteiger partial charge in [0.25, 0.3) is 5.91 Å². The molecule has 0 spiro atoms. The molecule has 3 unspecified atom stereocenters. The SMILES string of the molecule is CC(C)C(N)C(=O)N1CCC(C(=O)N2CC(c3ccc(O)c(N4CC(=O)NS4(=O)=O)c3F)=CCCC2CC2CCC2)C1. The first-order valence-electron chi connectivity index (χ1n) is 14.8. The number of phenolic OH excluding ortho intramolecular Hbond substituents is 1.